The summed E-state index contributed by atoms with van der Waals surface area (Å²) < 4.78 is 0. The second-order valence-corrected chi connectivity index (χ2v) is 6.22. The highest BCUT2D eigenvalue weighted by atomic mass is 32.1. The average Bonchev–Trinajstić information content (AvgIpc) is 2.87. The predicted octanol–water partition coefficient (Wildman–Crippen LogP) is 2.34. The van der Waals surface area contributed by atoms with Crippen LogP contribution in [0.2, 0.25) is 0 Å². The van der Waals surface area contributed by atoms with Gasteiger partial charge < -0.3 is 10.4 Å². The van der Waals surface area contributed by atoms with Gasteiger partial charge in [0.15, 0.2) is 5.13 Å². The van der Waals surface area contributed by atoms with Crippen molar-refractivity contribution < 1.29 is 5.11 Å². The number of anilines is 1. The lowest BCUT2D eigenvalue weighted by Gasteiger charge is -2.41. The molecule has 1 aromatic heterocycles. The molecule has 106 valence electrons. The van der Waals surface area contributed by atoms with E-state index in [4.69, 9.17) is 0 Å². The molecule has 1 aromatic rings. The van der Waals surface area contributed by atoms with E-state index in [9.17, 15) is 5.11 Å². The molecule has 0 radical (unpaired) electrons. The lowest BCUT2D eigenvalue weighted by atomic mass is 9.78. The molecule has 19 heavy (non-hydrogen) atoms. The van der Waals surface area contributed by atoms with Crippen molar-refractivity contribution in [2.45, 2.75) is 25.8 Å². The molecule has 1 atom stereocenters. The molecular formula is C14H23N3OS. The first-order valence-electron chi connectivity index (χ1n) is 6.77. The monoisotopic (exact) mass is 281 g/mol. The summed E-state index contributed by atoms with van der Waals surface area (Å²) in [5.74, 6) is 0. The van der Waals surface area contributed by atoms with Crippen LogP contribution in [-0.2, 0) is 6.54 Å². The minimum atomic E-state index is 0.00184. The molecule has 0 saturated carbocycles. The summed E-state index contributed by atoms with van der Waals surface area (Å²) >= 11 is 1.64. The number of piperidine rings is 1. The van der Waals surface area contributed by atoms with E-state index in [1.54, 1.807) is 11.3 Å². The summed E-state index contributed by atoms with van der Waals surface area (Å²) in [6, 6.07) is 0. The Kier molecular flexibility index (Phi) is 4.96. The maximum Gasteiger partial charge on any atom is 0.182 e. The smallest absolute Gasteiger partial charge is 0.182 e. The van der Waals surface area contributed by atoms with Crippen LogP contribution in [0.1, 0.15) is 25.0 Å². The standard InChI is InChI=1S/C14H23N3OS/c1-3-5-14(11-18)6-4-7-17(10-14)8-12-9-19-13(15-2)16-12/h3,9,18H,1,4-8,10-11H2,2H3,(H,15,16)/t14-/m0/s1. The molecule has 2 N–H and O–H groups in total. The van der Waals surface area contributed by atoms with E-state index in [-0.39, 0.29) is 12.0 Å². The number of nitrogens with zero attached hydrogens (tertiary/aromatic N) is 2. The molecule has 0 bridgehead atoms. The number of thiazole rings is 1. The summed E-state index contributed by atoms with van der Waals surface area (Å²) in [6.45, 7) is 6.96. The Labute approximate surface area is 119 Å². The molecule has 0 aliphatic carbocycles. The van der Waals surface area contributed by atoms with Gasteiger partial charge in [0.1, 0.15) is 0 Å². The Hall–Kier alpha value is -0.910. The third-order valence-electron chi connectivity index (χ3n) is 3.80. The van der Waals surface area contributed by atoms with Crippen LogP contribution in [-0.4, -0.2) is 41.7 Å². The van der Waals surface area contributed by atoms with Crippen molar-refractivity contribution in [3.63, 3.8) is 0 Å². The van der Waals surface area contributed by atoms with Crippen molar-refractivity contribution in [3.8, 4) is 0 Å². The third-order valence-corrected chi connectivity index (χ3v) is 4.71. The highest BCUT2D eigenvalue weighted by Crippen LogP contribution is 2.34. The van der Waals surface area contributed by atoms with Gasteiger partial charge in [-0.3, -0.25) is 4.90 Å². The fourth-order valence-electron chi connectivity index (χ4n) is 2.84. The Morgan fingerprint density at radius 1 is 1.68 bits per heavy atom. The summed E-state index contributed by atoms with van der Waals surface area (Å²) in [5.41, 5.74) is 1.11. The van der Waals surface area contributed by atoms with Crippen molar-refractivity contribution in [1.82, 2.24) is 9.88 Å². The number of nitrogens with one attached hydrogen (secondary N) is 1. The first-order chi connectivity index (χ1) is 9.21. The van der Waals surface area contributed by atoms with Crippen LogP contribution in [0.4, 0.5) is 5.13 Å². The van der Waals surface area contributed by atoms with Crippen molar-refractivity contribution in [2.24, 2.45) is 5.41 Å². The summed E-state index contributed by atoms with van der Waals surface area (Å²) in [6.07, 6.45) is 5.04. The highest BCUT2D eigenvalue weighted by Gasteiger charge is 2.33. The molecule has 2 rings (SSSR count). The molecule has 1 fully saturated rings. The number of allylic oxidation sites excluding steroid dienone is 1. The normalized spacial score (nSPS) is 24.3. The van der Waals surface area contributed by atoms with E-state index >= 15 is 0 Å². The summed E-state index contributed by atoms with van der Waals surface area (Å²) in [5, 5.41) is 15.8. The number of rotatable bonds is 6. The lowest BCUT2D eigenvalue weighted by molar-refractivity contribution is 0.0305. The van der Waals surface area contributed by atoms with Crippen molar-refractivity contribution in [2.75, 3.05) is 32.1 Å². The SMILES string of the molecule is C=CC[C@]1(CO)CCCN(Cc2csc(NC)n2)C1. The van der Waals surface area contributed by atoms with Crippen LogP contribution in [0, 0.1) is 5.41 Å². The Balaban J connectivity index is 1.98. The van der Waals surface area contributed by atoms with Crippen LogP contribution in [0.3, 0.4) is 0 Å². The number of likely N-dealkylation sites (tertiary alicyclic amines) is 1. The quantitative estimate of drug-likeness (QED) is 0.786. The third kappa shape index (κ3) is 3.55. The molecule has 0 spiro atoms. The van der Waals surface area contributed by atoms with Gasteiger partial charge >= 0.3 is 0 Å². The van der Waals surface area contributed by atoms with Crippen molar-refractivity contribution in [3.05, 3.63) is 23.7 Å². The summed E-state index contributed by atoms with van der Waals surface area (Å²) in [4.78, 5) is 6.93. The fourth-order valence-corrected chi connectivity index (χ4v) is 3.50. The zero-order valence-corrected chi connectivity index (χ0v) is 12.4. The molecule has 1 saturated heterocycles. The molecule has 1 aliphatic rings. The fraction of sp³-hybridized carbons (Fsp3) is 0.643. The topological polar surface area (TPSA) is 48.4 Å². The van der Waals surface area contributed by atoms with Gasteiger partial charge in [-0.15, -0.1) is 17.9 Å². The molecule has 0 amide bonds. The second-order valence-electron chi connectivity index (χ2n) is 5.36. The van der Waals surface area contributed by atoms with Crippen molar-refractivity contribution >= 4 is 16.5 Å². The van der Waals surface area contributed by atoms with E-state index in [1.807, 2.05) is 13.1 Å². The van der Waals surface area contributed by atoms with Crippen LogP contribution in [0.15, 0.2) is 18.0 Å². The lowest BCUT2D eigenvalue weighted by Crippen LogP contribution is -2.44. The maximum atomic E-state index is 9.70. The number of aliphatic hydroxyl groups is 1. The van der Waals surface area contributed by atoms with Crippen LogP contribution >= 0.6 is 11.3 Å². The van der Waals surface area contributed by atoms with Gasteiger partial charge in [-0.2, -0.15) is 0 Å². The van der Waals surface area contributed by atoms with Gasteiger partial charge in [-0.25, -0.2) is 4.98 Å². The van der Waals surface area contributed by atoms with Gasteiger partial charge in [-0.1, -0.05) is 6.08 Å². The van der Waals surface area contributed by atoms with E-state index in [1.165, 1.54) is 0 Å². The number of hydrogen-bond acceptors (Lipinski definition) is 5. The van der Waals surface area contributed by atoms with Crippen LogP contribution < -0.4 is 5.32 Å². The highest BCUT2D eigenvalue weighted by molar-refractivity contribution is 7.13. The first kappa shape index (κ1) is 14.5. The molecular weight excluding hydrogens is 258 g/mol. The molecule has 5 heteroatoms. The van der Waals surface area contributed by atoms with Gasteiger partial charge in [0.25, 0.3) is 0 Å². The molecule has 1 aliphatic heterocycles. The van der Waals surface area contributed by atoms with Gasteiger partial charge in [0.05, 0.1) is 12.3 Å². The van der Waals surface area contributed by atoms with Crippen molar-refractivity contribution in [1.29, 1.82) is 0 Å². The Morgan fingerprint density at radius 2 is 2.53 bits per heavy atom. The molecule has 0 aromatic carbocycles. The molecule has 0 unspecified atom stereocenters. The van der Waals surface area contributed by atoms with Crippen LogP contribution in [0.25, 0.3) is 0 Å². The van der Waals surface area contributed by atoms with Crippen LogP contribution in [0.5, 0.6) is 0 Å². The molecule has 2 heterocycles. The minimum Gasteiger partial charge on any atom is -0.396 e. The maximum absolute atomic E-state index is 9.70. The number of hydrogen-bond donors (Lipinski definition) is 2. The van der Waals surface area contributed by atoms with Gasteiger partial charge in [-0.05, 0) is 25.8 Å². The first-order valence-corrected chi connectivity index (χ1v) is 7.65. The Morgan fingerprint density at radius 3 is 3.16 bits per heavy atom. The average molecular weight is 281 g/mol. The van der Waals surface area contributed by atoms with Gasteiger partial charge in [0.2, 0.25) is 0 Å². The minimum absolute atomic E-state index is 0.00184. The van der Waals surface area contributed by atoms with E-state index < -0.39 is 0 Å². The number of aromatic nitrogens is 1. The zero-order chi connectivity index (χ0) is 13.7. The van der Waals surface area contributed by atoms with Gasteiger partial charge in [0, 0.05) is 30.9 Å². The summed E-state index contributed by atoms with van der Waals surface area (Å²) in [7, 11) is 1.89. The predicted molar refractivity (Wildman–Crippen MR) is 80.5 cm³/mol. The Bertz CT molecular complexity index is 421. The van der Waals surface area contributed by atoms with E-state index in [0.717, 1.165) is 49.7 Å². The largest absolute Gasteiger partial charge is 0.396 e. The molecule has 4 nitrogen and oxygen atoms in total. The van der Waals surface area contributed by atoms with E-state index in [2.05, 4.69) is 27.2 Å². The second kappa shape index (κ2) is 6.50. The van der Waals surface area contributed by atoms with E-state index in [0.29, 0.717) is 0 Å². The zero-order valence-electron chi connectivity index (χ0n) is 11.6. The number of aliphatic hydroxyl groups excluding tert-OH is 1.